The van der Waals surface area contributed by atoms with Crippen LogP contribution in [-0.4, -0.2) is 39.9 Å². The zero-order chi connectivity index (χ0) is 15.7. The van der Waals surface area contributed by atoms with Crippen molar-refractivity contribution in [2.24, 2.45) is 0 Å². The van der Waals surface area contributed by atoms with Gasteiger partial charge in [-0.05, 0) is 42.8 Å². The molecule has 0 fully saturated rings. The molecule has 0 aromatic heterocycles. The van der Waals surface area contributed by atoms with Crippen molar-refractivity contribution in [2.75, 3.05) is 38.8 Å². The molecule has 0 radical (unpaired) electrons. The highest BCUT2D eigenvalue weighted by molar-refractivity contribution is 5.89. The second kappa shape index (κ2) is 8.97. The van der Waals surface area contributed by atoms with Gasteiger partial charge in [0.1, 0.15) is 6.61 Å². The van der Waals surface area contributed by atoms with Gasteiger partial charge in [0.05, 0.1) is 18.8 Å². The van der Waals surface area contributed by atoms with Crippen molar-refractivity contribution in [3.63, 3.8) is 0 Å². The Hall–Kier alpha value is -2.07. The molecule has 0 atom stereocenters. The Labute approximate surface area is 126 Å². The lowest BCUT2D eigenvalue weighted by Gasteiger charge is -2.12. The zero-order valence-electron chi connectivity index (χ0n) is 13.0. The van der Waals surface area contributed by atoms with E-state index in [1.807, 2.05) is 44.1 Å². The predicted octanol–water partition coefficient (Wildman–Crippen LogP) is 3.06. The van der Waals surface area contributed by atoms with Crippen LogP contribution >= 0.6 is 0 Å². The van der Waals surface area contributed by atoms with Crippen molar-refractivity contribution in [3.05, 3.63) is 54.1 Å². The molecule has 4 nitrogen and oxygen atoms in total. The number of hydrogen-bond donors (Lipinski definition) is 0. The fourth-order valence-corrected chi connectivity index (χ4v) is 1.60. The van der Waals surface area contributed by atoms with Crippen LogP contribution in [-0.2, 0) is 9.47 Å². The summed E-state index contributed by atoms with van der Waals surface area (Å²) in [5.41, 5.74) is 2.61. The molecule has 1 rings (SSSR count). The SMILES string of the molecule is C=CCOC/C(C)=C/COC(=O)c1ccc(N(C)C)cc1. The Bertz CT molecular complexity index is 489. The first-order chi connectivity index (χ1) is 10.0. The first-order valence-electron chi connectivity index (χ1n) is 6.83. The molecule has 0 heterocycles. The molecule has 114 valence electrons. The van der Waals surface area contributed by atoms with E-state index < -0.39 is 0 Å². The van der Waals surface area contributed by atoms with Crippen LogP contribution in [0, 0.1) is 0 Å². The highest BCUT2D eigenvalue weighted by atomic mass is 16.5. The molecule has 0 saturated carbocycles. The van der Waals surface area contributed by atoms with Crippen LogP contribution in [0.3, 0.4) is 0 Å². The molecule has 0 amide bonds. The first kappa shape index (κ1) is 17.0. The predicted molar refractivity (Wildman–Crippen MR) is 85.8 cm³/mol. The summed E-state index contributed by atoms with van der Waals surface area (Å²) in [7, 11) is 3.91. The zero-order valence-corrected chi connectivity index (χ0v) is 13.0. The third-order valence-electron chi connectivity index (χ3n) is 2.83. The van der Waals surface area contributed by atoms with Crippen molar-refractivity contribution in [2.45, 2.75) is 6.92 Å². The van der Waals surface area contributed by atoms with Gasteiger partial charge in [0.2, 0.25) is 0 Å². The molecule has 0 aliphatic rings. The number of benzene rings is 1. The molecule has 4 heteroatoms. The van der Waals surface area contributed by atoms with E-state index in [0.29, 0.717) is 18.8 Å². The minimum atomic E-state index is -0.323. The fourth-order valence-electron chi connectivity index (χ4n) is 1.60. The van der Waals surface area contributed by atoms with E-state index >= 15 is 0 Å². The number of carbonyl (C=O) groups excluding carboxylic acids is 1. The van der Waals surface area contributed by atoms with Crippen molar-refractivity contribution in [1.82, 2.24) is 0 Å². The van der Waals surface area contributed by atoms with Gasteiger partial charge >= 0.3 is 5.97 Å². The average Bonchev–Trinajstić information content (AvgIpc) is 2.47. The van der Waals surface area contributed by atoms with Crippen LogP contribution in [0.15, 0.2) is 48.6 Å². The van der Waals surface area contributed by atoms with E-state index in [1.165, 1.54) is 0 Å². The van der Waals surface area contributed by atoms with Crippen LogP contribution in [0.25, 0.3) is 0 Å². The van der Waals surface area contributed by atoms with Gasteiger partial charge in [-0.1, -0.05) is 6.08 Å². The van der Waals surface area contributed by atoms with Crippen LogP contribution < -0.4 is 4.90 Å². The van der Waals surface area contributed by atoms with E-state index in [-0.39, 0.29) is 12.6 Å². The van der Waals surface area contributed by atoms with E-state index in [2.05, 4.69) is 6.58 Å². The van der Waals surface area contributed by atoms with Crippen LogP contribution in [0.5, 0.6) is 0 Å². The van der Waals surface area contributed by atoms with Crippen molar-refractivity contribution >= 4 is 11.7 Å². The van der Waals surface area contributed by atoms with Gasteiger partial charge in [-0.25, -0.2) is 4.79 Å². The molecule has 0 N–H and O–H groups in total. The Morgan fingerprint density at radius 2 is 1.90 bits per heavy atom. The van der Waals surface area contributed by atoms with E-state index in [1.54, 1.807) is 18.2 Å². The van der Waals surface area contributed by atoms with Gasteiger partial charge in [0.15, 0.2) is 0 Å². The molecule has 0 spiro atoms. The van der Waals surface area contributed by atoms with Crippen LogP contribution in [0.4, 0.5) is 5.69 Å². The van der Waals surface area contributed by atoms with Gasteiger partial charge in [0, 0.05) is 19.8 Å². The first-order valence-corrected chi connectivity index (χ1v) is 6.83. The summed E-state index contributed by atoms with van der Waals surface area (Å²) in [5.74, 6) is -0.323. The van der Waals surface area contributed by atoms with Crippen LogP contribution in [0.1, 0.15) is 17.3 Å². The molecule has 1 aromatic carbocycles. The number of carbonyl (C=O) groups is 1. The smallest absolute Gasteiger partial charge is 0.338 e. The summed E-state index contributed by atoms with van der Waals surface area (Å²) >= 11 is 0. The van der Waals surface area contributed by atoms with Gasteiger partial charge in [-0.15, -0.1) is 6.58 Å². The summed E-state index contributed by atoms with van der Waals surface area (Å²) in [6.45, 7) is 6.79. The normalized spacial score (nSPS) is 11.1. The minimum Gasteiger partial charge on any atom is -0.458 e. The molecular weight excluding hydrogens is 266 g/mol. The molecule has 0 bridgehead atoms. The highest BCUT2D eigenvalue weighted by Gasteiger charge is 2.06. The van der Waals surface area contributed by atoms with Crippen LogP contribution in [0.2, 0.25) is 0 Å². The Morgan fingerprint density at radius 3 is 2.48 bits per heavy atom. The lowest BCUT2D eigenvalue weighted by Crippen LogP contribution is -2.10. The monoisotopic (exact) mass is 289 g/mol. The van der Waals surface area contributed by atoms with Crippen molar-refractivity contribution in [1.29, 1.82) is 0 Å². The number of nitrogens with zero attached hydrogens (tertiary/aromatic N) is 1. The standard InChI is InChI=1S/C17H23NO3/c1-5-11-20-13-14(2)10-12-21-17(19)15-6-8-16(9-7-15)18(3)4/h5-10H,1,11-13H2,2-4H3/b14-10+. The van der Waals surface area contributed by atoms with E-state index in [0.717, 1.165) is 11.3 Å². The molecule has 0 saturated heterocycles. The summed E-state index contributed by atoms with van der Waals surface area (Å²) in [6.07, 6.45) is 3.54. The van der Waals surface area contributed by atoms with Crippen molar-refractivity contribution in [3.8, 4) is 0 Å². The third-order valence-corrected chi connectivity index (χ3v) is 2.83. The average molecular weight is 289 g/mol. The maximum absolute atomic E-state index is 11.9. The second-order valence-electron chi connectivity index (χ2n) is 4.89. The minimum absolute atomic E-state index is 0.248. The maximum Gasteiger partial charge on any atom is 0.338 e. The lowest BCUT2D eigenvalue weighted by atomic mass is 10.2. The fraction of sp³-hybridized carbons (Fsp3) is 0.353. The summed E-state index contributed by atoms with van der Waals surface area (Å²) in [6, 6.07) is 7.31. The summed E-state index contributed by atoms with van der Waals surface area (Å²) in [4.78, 5) is 13.8. The number of rotatable bonds is 8. The number of esters is 1. The van der Waals surface area contributed by atoms with Crippen molar-refractivity contribution < 1.29 is 14.3 Å². The molecule has 0 unspecified atom stereocenters. The molecule has 1 aromatic rings. The molecule has 21 heavy (non-hydrogen) atoms. The van der Waals surface area contributed by atoms with Gasteiger partial charge in [0.25, 0.3) is 0 Å². The molecular formula is C17H23NO3. The highest BCUT2D eigenvalue weighted by Crippen LogP contribution is 2.13. The topological polar surface area (TPSA) is 38.8 Å². The largest absolute Gasteiger partial charge is 0.458 e. The van der Waals surface area contributed by atoms with E-state index in [4.69, 9.17) is 9.47 Å². The quantitative estimate of drug-likeness (QED) is 0.419. The Morgan fingerprint density at radius 1 is 1.24 bits per heavy atom. The molecule has 0 aliphatic carbocycles. The second-order valence-corrected chi connectivity index (χ2v) is 4.89. The summed E-state index contributed by atoms with van der Waals surface area (Å²) < 4.78 is 10.5. The Kier molecular flexibility index (Phi) is 7.26. The maximum atomic E-state index is 11.9. The Balaban J connectivity index is 2.42. The molecule has 0 aliphatic heterocycles. The van der Waals surface area contributed by atoms with Gasteiger partial charge < -0.3 is 14.4 Å². The number of hydrogen-bond acceptors (Lipinski definition) is 4. The number of ether oxygens (including phenoxy) is 2. The summed E-state index contributed by atoms with van der Waals surface area (Å²) in [5, 5.41) is 0. The lowest BCUT2D eigenvalue weighted by molar-refractivity contribution is 0.0548. The van der Waals surface area contributed by atoms with Gasteiger partial charge in [-0.2, -0.15) is 0 Å². The third kappa shape index (κ3) is 6.27. The van der Waals surface area contributed by atoms with E-state index in [9.17, 15) is 4.79 Å². The number of anilines is 1. The van der Waals surface area contributed by atoms with Gasteiger partial charge in [-0.3, -0.25) is 0 Å².